The largest absolute Gasteiger partial charge is 0.370 e. The number of nitrogens with zero attached hydrogens (tertiary/aromatic N) is 1. The molecule has 84 valence electrons. The number of thiazole rings is 1. The second kappa shape index (κ2) is 4.28. The molecule has 1 rings (SSSR count). The van der Waals surface area contributed by atoms with Gasteiger partial charge >= 0.3 is 0 Å². The van der Waals surface area contributed by atoms with Gasteiger partial charge in [0.15, 0.2) is 0 Å². The fourth-order valence-electron chi connectivity index (χ4n) is 1.12. The van der Waals surface area contributed by atoms with Gasteiger partial charge in [-0.2, -0.15) is 0 Å². The third-order valence-corrected chi connectivity index (χ3v) is 3.25. The zero-order valence-corrected chi connectivity index (χ0v) is 10.1. The van der Waals surface area contributed by atoms with Crippen LogP contribution in [-0.2, 0) is 10.2 Å². The second-order valence-corrected chi connectivity index (χ2v) is 5.46. The van der Waals surface area contributed by atoms with Crippen LogP contribution < -0.4 is 11.5 Å². The van der Waals surface area contributed by atoms with E-state index in [1.807, 2.05) is 5.38 Å². The van der Waals surface area contributed by atoms with Crippen molar-refractivity contribution in [2.24, 2.45) is 11.5 Å². The van der Waals surface area contributed by atoms with Gasteiger partial charge < -0.3 is 11.5 Å². The Hall–Kier alpha value is -0.940. The van der Waals surface area contributed by atoms with Gasteiger partial charge in [-0.1, -0.05) is 20.8 Å². The van der Waals surface area contributed by atoms with Crippen LogP contribution in [0.1, 0.15) is 43.9 Å². The first-order valence-electron chi connectivity index (χ1n) is 4.80. The summed E-state index contributed by atoms with van der Waals surface area (Å²) in [6, 6.07) is -0.380. The molecule has 4 nitrogen and oxygen atoms in total. The molecular formula is C10H17N3OS. The van der Waals surface area contributed by atoms with E-state index in [9.17, 15) is 4.79 Å². The molecule has 0 radical (unpaired) electrons. The van der Waals surface area contributed by atoms with Gasteiger partial charge in [-0.25, -0.2) is 4.98 Å². The van der Waals surface area contributed by atoms with Gasteiger partial charge in [0, 0.05) is 17.2 Å². The van der Waals surface area contributed by atoms with Crippen molar-refractivity contribution >= 4 is 17.2 Å². The van der Waals surface area contributed by atoms with E-state index in [0.29, 0.717) is 0 Å². The topological polar surface area (TPSA) is 82.0 Å². The van der Waals surface area contributed by atoms with Crippen molar-refractivity contribution in [3.63, 3.8) is 0 Å². The van der Waals surface area contributed by atoms with Gasteiger partial charge in [0.2, 0.25) is 5.91 Å². The lowest BCUT2D eigenvalue weighted by atomic mass is 9.98. The predicted molar refractivity (Wildman–Crippen MR) is 61.6 cm³/mol. The lowest BCUT2D eigenvalue weighted by Gasteiger charge is -2.14. The Bertz CT molecular complexity index is 354. The minimum atomic E-state index is -0.396. The minimum Gasteiger partial charge on any atom is -0.370 e. The Labute approximate surface area is 93.7 Å². The van der Waals surface area contributed by atoms with Crippen molar-refractivity contribution in [3.8, 4) is 0 Å². The van der Waals surface area contributed by atoms with Crippen LogP contribution in [0, 0.1) is 0 Å². The quantitative estimate of drug-likeness (QED) is 0.817. The van der Waals surface area contributed by atoms with E-state index in [1.54, 1.807) is 11.3 Å². The van der Waals surface area contributed by atoms with Crippen LogP contribution in [0.2, 0.25) is 0 Å². The molecule has 0 aromatic carbocycles. The van der Waals surface area contributed by atoms with Crippen molar-refractivity contribution in [3.05, 3.63) is 16.1 Å². The molecule has 1 aromatic heterocycles. The highest BCUT2D eigenvalue weighted by atomic mass is 32.1. The Kier molecular flexibility index (Phi) is 3.46. The minimum absolute atomic E-state index is 0.0232. The first-order chi connectivity index (χ1) is 6.80. The molecule has 0 aliphatic carbocycles. The Morgan fingerprint density at radius 1 is 1.60 bits per heavy atom. The average Bonchev–Trinajstić information content (AvgIpc) is 2.48. The highest BCUT2D eigenvalue weighted by Gasteiger charge is 2.20. The first-order valence-corrected chi connectivity index (χ1v) is 5.68. The number of carbonyl (C=O) groups is 1. The summed E-state index contributed by atoms with van der Waals surface area (Å²) in [6.45, 7) is 6.28. The molecule has 1 atom stereocenters. The molecule has 15 heavy (non-hydrogen) atoms. The van der Waals surface area contributed by atoms with Crippen LogP contribution >= 0.6 is 11.3 Å². The lowest BCUT2D eigenvalue weighted by Crippen LogP contribution is -2.21. The molecule has 1 aromatic rings. The molecule has 4 N–H and O–H groups in total. The number of rotatable bonds is 3. The van der Waals surface area contributed by atoms with Crippen LogP contribution in [0.4, 0.5) is 0 Å². The highest BCUT2D eigenvalue weighted by molar-refractivity contribution is 7.09. The maximum atomic E-state index is 10.7. The van der Waals surface area contributed by atoms with E-state index in [2.05, 4.69) is 25.8 Å². The number of amides is 1. The predicted octanol–water partition coefficient (Wildman–Crippen LogP) is 1.32. The molecule has 0 unspecified atom stereocenters. The zero-order valence-electron chi connectivity index (χ0n) is 9.28. The fourth-order valence-corrected chi connectivity index (χ4v) is 2.09. The summed E-state index contributed by atoms with van der Waals surface area (Å²) < 4.78 is 0. The summed E-state index contributed by atoms with van der Waals surface area (Å²) in [6.07, 6.45) is 0.146. The molecule has 0 saturated carbocycles. The third kappa shape index (κ3) is 3.28. The van der Waals surface area contributed by atoms with Crippen molar-refractivity contribution in [2.45, 2.75) is 38.6 Å². The SMILES string of the molecule is CC(C)(C)c1nc([C@H](N)CC(N)=O)cs1. The molecule has 0 aliphatic heterocycles. The number of hydrogen-bond donors (Lipinski definition) is 2. The van der Waals surface area contributed by atoms with Crippen LogP contribution in [0.3, 0.4) is 0 Å². The molecule has 0 saturated heterocycles. The number of nitrogens with two attached hydrogens (primary N) is 2. The van der Waals surface area contributed by atoms with Gasteiger partial charge in [0.25, 0.3) is 0 Å². The summed E-state index contributed by atoms with van der Waals surface area (Å²) >= 11 is 1.57. The molecule has 0 fully saturated rings. The Balaban J connectivity index is 2.80. The van der Waals surface area contributed by atoms with Gasteiger partial charge in [-0.05, 0) is 0 Å². The molecular weight excluding hydrogens is 210 g/mol. The normalized spacial score (nSPS) is 13.9. The van der Waals surface area contributed by atoms with E-state index in [0.717, 1.165) is 10.7 Å². The van der Waals surface area contributed by atoms with Crippen molar-refractivity contribution in [2.75, 3.05) is 0 Å². The molecule has 0 bridgehead atoms. The summed E-state index contributed by atoms with van der Waals surface area (Å²) in [5.74, 6) is -0.396. The van der Waals surface area contributed by atoms with Gasteiger partial charge in [0.05, 0.1) is 16.7 Å². The van der Waals surface area contributed by atoms with Crippen LogP contribution in [0.15, 0.2) is 5.38 Å². The van der Waals surface area contributed by atoms with E-state index in [1.165, 1.54) is 0 Å². The van der Waals surface area contributed by atoms with Gasteiger partial charge in [-0.15, -0.1) is 11.3 Å². The Morgan fingerprint density at radius 2 is 2.20 bits per heavy atom. The fraction of sp³-hybridized carbons (Fsp3) is 0.600. The summed E-state index contributed by atoms with van der Waals surface area (Å²) in [5, 5.41) is 2.92. The number of aromatic nitrogens is 1. The standard InChI is InChI=1S/C10H17N3OS/c1-10(2,3)9-13-7(5-15-9)6(11)4-8(12)14/h5-6H,4,11H2,1-3H3,(H2,12,14)/t6-/m1/s1. The third-order valence-electron chi connectivity index (χ3n) is 1.96. The van der Waals surface area contributed by atoms with Crippen LogP contribution in [0.25, 0.3) is 0 Å². The smallest absolute Gasteiger partial charge is 0.219 e. The maximum Gasteiger partial charge on any atom is 0.219 e. The van der Waals surface area contributed by atoms with Gasteiger partial charge in [0.1, 0.15) is 0 Å². The van der Waals surface area contributed by atoms with Crippen molar-refractivity contribution in [1.82, 2.24) is 4.98 Å². The summed E-state index contributed by atoms with van der Waals surface area (Å²) in [4.78, 5) is 15.1. The first kappa shape index (κ1) is 12.1. The van der Waals surface area contributed by atoms with E-state index < -0.39 is 5.91 Å². The molecule has 0 spiro atoms. The molecule has 1 amide bonds. The number of carbonyl (C=O) groups excluding carboxylic acids is 1. The molecule has 0 aliphatic rings. The lowest BCUT2D eigenvalue weighted by molar-refractivity contribution is -0.118. The maximum absolute atomic E-state index is 10.7. The summed E-state index contributed by atoms with van der Waals surface area (Å²) in [7, 11) is 0. The van der Waals surface area contributed by atoms with Crippen molar-refractivity contribution in [1.29, 1.82) is 0 Å². The summed E-state index contributed by atoms with van der Waals surface area (Å²) in [5.41, 5.74) is 11.7. The van der Waals surface area contributed by atoms with E-state index >= 15 is 0 Å². The monoisotopic (exact) mass is 227 g/mol. The number of primary amides is 1. The van der Waals surface area contributed by atoms with E-state index in [4.69, 9.17) is 11.5 Å². The molecule has 1 heterocycles. The van der Waals surface area contributed by atoms with E-state index in [-0.39, 0.29) is 17.9 Å². The van der Waals surface area contributed by atoms with Crippen molar-refractivity contribution < 1.29 is 4.79 Å². The second-order valence-electron chi connectivity index (χ2n) is 4.60. The van der Waals surface area contributed by atoms with Crippen LogP contribution in [0.5, 0.6) is 0 Å². The molecule has 5 heteroatoms. The average molecular weight is 227 g/mol. The number of hydrogen-bond acceptors (Lipinski definition) is 4. The van der Waals surface area contributed by atoms with Gasteiger partial charge in [-0.3, -0.25) is 4.79 Å². The highest BCUT2D eigenvalue weighted by Crippen LogP contribution is 2.27. The zero-order chi connectivity index (χ0) is 11.6. The van der Waals surface area contributed by atoms with Crippen LogP contribution in [-0.4, -0.2) is 10.9 Å². The Morgan fingerprint density at radius 3 is 2.60 bits per heavy atom.